The Morgan fingerprint density at radius 2 is 1.95 bits per heavy atom. The molecule has 0 atom stereocenters. The zero-order valence-electron chi connectivity index (χ0n) is 11.9. The van der Waals surface area contributed by atoms with Crippen LogP contribution in [0.4, 0.5) is 11.5 Å². The van der Waals surface area contributed by atoms with Crippen molar-refractivity contribution in [2.24, 2.45) is 0 Å². The van der Waals surface area contributed by atoms with Crippen molar-refractivity contribution in [1.29, 1.82) is 0 Å². The third-order valence-corrected chi connectivity index (χ3v) is 3.76. The summed E-state index contributed by atoms with van der Waals surface area (Å²) in [6, 6.07) is 4.73. The summed E-state index contributed by atoms with van der Waals surface area (Å²) in [4.78, 5) is 12.2. The van der Waals surface area contributed by atoms with E-state index in [0.29, 0.717) is 11.4 Å². The number of anilines is 2. The van der Waals surface area contributed by atoms with Crippen molar-refractivity contribution in [2.75, 3.05) is 11.1 Å². The van der Waals surface area contributed by atoms with Crippen molar-refractivity contribution in [1.82, 2.24) is 10.2 Å². The third kappa shape index (κ3) is 3.49. The molecule has 0 unspecified atom stereocenters. The predicted molar refractivity (Wildman–Crippen MR) is 86.1 cm³/mol. The Kier molecular flexibility index (Phi) is 4.16. The monoisotopic (exact) mass is 326 g/mol. The van der Waals surface area contributed by atoms with E-state index >= 15 is 0 Å². The molecule has 0 radical (unpaired) electrons. The van der Waals surface area contributed by atoms with Crippen LogP contribution in [0.3, 0.4) is 0 Å². The Morgan fingerprint density at radius 1 is 1.29 bits per heavy atom. The number of hydrogen-bond donors (Lipinski definition) is 3. The fourth-order valence-corrected chi connectivity index (χ4v) is 2.04. The number of aromatic amines is 1. The summed E-state index contributed by atoms with van der Waals surface area (Å²) in [6.07, 6.45) is 0. The molecule has 0 aliphatic heterocycles. The molecule has 0 saturated carbocycles. The van der Waals surface area contributed by atoms with Gasteiger partial charge in [-0.15, -0.1) is 0 Å². The predicted octanol–water partition coefficient (Wildman–Crippen LogP) is 3.85. The molecule has 1 aromatic carbocycles. The highest BCUT2D eigenvalue weighted by atomic mass is 35.5. The van der Waals surface area contributed by atoms with Gasteiger partial charge >= 0.3 is 0 Å². The van der Waals surface area contributed by atoms with Gasteiger partial charge < -0.3 is 11.1 Å². The zero-order valence-corrected chi connectivity index (χ0v) is 13.4. The smallest absolute Gasteiger partial charge is 0.256 e. The quantitative estimate of drug-likeness (QED) is 0.733. The van der Waals surface area contributed by atoms with Crippen LogP contribution in [0.2, 0.25) is 10.0 Å². The lowest BCUT2D eigenvalue weighted by atomic mass is 9.92. The number of nitrogens with one attached hydrogen (secondary N) is 2. The first-order valence-electron chi connectivity index (χ1n) is 6.30. The Morgan fingerprint density at radius 3 is 2.48 bits per heavy atom. The maximum Gasteiger partial charge on any atom is 0.256 e. The molecule has 0 saturated heterocycles. The highest BCUT2D eigenvalue weighted by Crippen LogP contribution is 2.29. The average molecular weight is 327 g/mol. The van der Waals surface area contributed by atoms with Crippen LogP contribution in [0.15, 0.2) is 18.2 Å². The van der Waals surface area contributed by atoms with Crippen LogP contribution in [0.5, 0.6) is 0 Å². The van der Waals surface area contributed by atoms with Gasteiger partial charge in [0.15, 0.2) is 5.82 Å². The molecule has 1 aromatic heterocycles. The first-order chi connectivity index (χ1) is 9.68. The number of carbonyl (C=O) groups is 1. The Balaban J connectivity index is 2.20. The van der Waals surface area contributed by atoms with E-state index in [1.54, 1.807) is 6.07 Å². The highest BCUT2D eigenvalue weighted by molar-refractivity contribution is 6.44. The van der Waals surface area contributed by atoms with Gasteiger partial charge in [-0.25, -0.2) is 0 Å². The molecule has 0 spiro atoms. The van der Waals surface area contributed by atoms with E-state index in [2.05, 4.69) is 15.5 Å². The van der Waals surface area contributed by atoms with Gasteiger partial charge in [0.25, 0.3) is 5.91 Å². The molecule has 0 aliphatic rings. The van der Waals surface area contributed by atoms with Crippen LogP contribution < -0.4 is 11.1 Å². The molecule has 2 rings (SSSR count). The van der Waals surface area contributed by atoms with Crippen molar-refractivity contribution in [3.63, 3.8) is 0 Å². The van der Waals surface area contributed by atoms with E-state index in [1.165, 1.54) is 12.1 Å². The molecule has 21 heavy (non-hydrogen) atoms. The molecular formula is C14H16Cl2N4O. The lowest BCUT2D eigenvalue weighted by Crippen LogP contribution is -2.13. The van der Waals surface area contributed by atoms with Gasteiger partial charge in [0.2, 0.25) is 0 Å². The lowest BCUT2D eigenvalue weighted by Gasteiger charge is -2.14. The Bertz CT molecular complexity index is 666. The minimum absolute atomic E-state index is 0.0794. The van der Waals surface area contributed by atoms with Gasteiger partial charge in [0, 0.05) is 22.7 Å². The molecule has 7 heteroatoms. The molecule has 1 heterocycles. The number of H-pyrrole nitrogens is 1. The number of hydrogen-bond acceptors (Lipinski definition) is 3. The van der Waals surface area contributed by atoms with E-state index in [0.717, 1.165) is 5.69 Å². The van der Waals surface area contributed by atoms with Crippen LogP contribution in [-0.2, 0) is 5.41 Å². The number of carbonyl (C=O) groups excluding carboxylic acids is 1. The lowest BCUT2D eigenvalue weighted by molar-refractivity contribution is 0.102. The maximum absolute atomic E-state index is 12.2. The van der Waals surface area contributed by atoms with Gasteiger partial charge in [-0.1, -0.05) is 44.0 Å². The number of nitrogens with zero attached hydrogens (tertiary/aromatic N) is 1. The summed E-state index contributed by atoms with van der Waals surface area (Å²) in [7, 11) is 0. The van der Waals surface area contributed by atoms with E-state index in [9.17, 15) is 4.79 Å². The van der Waals surface area contributed by atoms with E-state index in [1.807, 2.05) is 20.8 Å². The molecule has 0 aliphatic carbocycles. The topological polar surface area (TPSA) is 83.8 Å². The second kappa shape index (κ2) is 5.58. The van der Waals surface area contributed by atoms with Crippen molar-refractivity contribution in [3.05, 3.63) is 39.5 Å². The van der Waals surface area contributed by atoms with Gasteiger partial charge in [-0.05, 0) is 12.1 Å². The SMILES string of the molecule is CC(C)(C)c1cc(NC(=O)c2cc(N)c(Cl)c(Cl)c2)n[nH]1. The largest absolute Gasteiger partial charge is 0.397 e. The normalized spacial score (nSPS) is 11.5. The van der Waals surface area contributed by atoms with Crippen molar-refractivity contribution >= 4 is 40.6 Å². The van der Waals surface area contributed by atoms with Crippen molar-refractivity contribution in [3.8, 4) is 0 Å². The molecule has 1 amide bonds. The number of halogens is 2. The van der Waals surface area contributed by atoms with Crippen LogP contribution in [0, 0.1) is 0 Å². The molecular weight excluding hydrogens is 311 g/mol. The summed E-state index contributed by atoms with van der Waals surface area (Å²) >= 11 is 11.8. The molecule has 112 valence electrons. The molecule has 2 aromatic rings. The standard InChI is InChI=1S/C14H16Cl2N4O/c1-14(2,3)10-6-11(20-19-10)18-13(21)7-4-8(15)12(16)9(17)5-7/h4-6H,17H2,1-3H3,(H2,18,19,20,21). The summed E-state index contributed by atoms with van der Waals surface area (Å²) in [5.74, 6) is 0.0850. The fourth-order valence-electron chi connectivity index (χ4n) is 1.70. The minimum atomic E-state index is -0.354. The third-order valence-electron chi connectivity index (χ3n) is 2.95. The zero-order chi connectivity index (χ0) is 15.8. The number of amides is 1. The van der Waals surface area contributed by atoms with Gasteiger partial charge in [-0.3, -0.25) is 9.89 Å². The second-order valence-electron chi connectivity index (χ2n) is 5.73. The summed E-state index contributed by atoms with van der Waals surface area (Å²) in [5.41, 5.74) is 7.12. The summed E-state index contributed by atoms with van der Waals surface area (Å²) in [6.45, 7) is 6.14. The first kappa shape index (κ1) is 15.7. The number of benzene rings is 1. The number of nitrogen functional groups attached to an aromatic ring is 1. The average Bonchev–Trinajstić information content (AvgIpc) is 2.83. The first-order valence-corrected chi connectivity index (χ1v) is 7.06. The van der Waals surface area contributed by atoms with Crippen LogP contribution in [-0.4, -0.2) is 16.1 Å². The van der Waals surface area contributed by atoms with Crippen LogP contribution in [0.1, 0.15) is 36.8 Å². The molecule has 4 N–H and O–H groups in total. The van der Waals surface area contributed by atoms with Crippen LogP contribution in [0.25, 0.3) is 0 Å². The molecule has 0 bridgehead atoms. The van der Waals surface area contributed by atoms with Crippen molar-refractivity contribution in [2.45, 2.75) is 26.2 Å². The van der Waals surface area contributed by atoms with Crippen molar-refractivity contribution < 1.29 is 4.79 Å². The van der Waals surface area contributed by atoms with Gasteiger partial charge in [-0.2, -0.15) is 5.10 Å². The summed E-state index contributed by atoms with van der Waals surface area (Å²) < 4.78 is 0. The van der Waals surface area contributed by atoms with E-state index in [4.69, 9.17) is 28.9 Å². The van der Waals surface area contributed by atoms with Gasteiger partial charge in [0.1, 0.15) is 0 Å². The van der Waals surface area contributed by atoms with Crippen LogP contribution >= 0.6 is 23.2 Å². The molecule has 5 nitrogen and oxygen atoms in total. The van der Waals surface area contributed by atoms with E-state index in [-0.39, 0.29) is 27.1 Å². The number of rotatable bonds is 2. The second-order valence-corrected chi connectivity index (χ2v) is 6.52. The summed E-state index contributed by atoms with van der Waals surface area (Å²) in [5, 5.41) is 10.1. The Labute approximate surface area is 132 Å². The van der Waals surface area contributed by atoms with E-state index < -0.39 is 0 Å². The maximum atomic E-state index is 12.2. The fraction of sp³-hybridized carbons (Fsp3) is 0.286. The minimum Gasteiger partial charge on any atom is -0.397 e. The number of nitrogens with two attached hydrogens (primary N) is 1. The number of aromatic nitrogens is 2. The highest BCUT2D eigenvalue weighted by Gasteiger charge is 2.18. The Hall–Kier alpha value is -1.72. The molecule has 0 fully saturated rings. The van der Waals surface area contributed by atoms with Gasteiger partial charge in [0.05, 0.1) is 15.7 Å².